The SMILES string of the molecule is CC1C=CC2=C(C=C1)OCCO2. The van der Waals surface area contributed by atoms with Crippen molar-refractivity contribution < 1.29 is 9.47 Å². The molecule has 0 fully saturated rings. The second-order valence-electron chi connectivity index (χ2n) is 3.00. The van der Waals surface area contributed by atoms with Crippen molar-refractivity contribution in [2.24, 2.45) is 5.92 Å². The minimum absolute atomic E-state index is 0.461. The van der Waals surface area contributed by atoms with E-state index in [-0.39, 0.29) is 0 Å². The van der Waals surface area contributed by atoms with Crippen molar-refractivity contribution >= 4 is 0 Å². The van der Waals surface area contributed by atoms with Crippen molar-refractivity contribution in [2.75, 3.05) is 13.2 Å². The Bertz CT molecular complexity index is 235. The molecule has 2 heteroatoms. The van der Waals surface area contributed by atoms with Gasteiger partial charge in [-0.05, 0) is 18.1 Å². The van der Waals surface area contributed by atoms with E-state index in [2.05, 4.69) is 19.1 Å². The van der Waals surface area contributed by atoms with E-state index in [1.807, 2.05) is 12.2 Å². The van der Waals surface area contributed by atoms with Crippen LogP contribution in [0.1, 0.15) is 6.92 Å². The van der Waals surface area contributed by atoms with Crippen molar-refractivity contribution in [2.45, 2.75) is 6.92 Å². The van der Waals surface area contributed by atoms with Crippen molar-refractivity contribution in [1.29, 1.82) is 0 Å². The Kier molecular flexibility index (Phi) is 1.90. The van der Waals surface area contributed by atoms with Crippen LogP contribution in [0.25, 0.3) is 0 Å². The Morgan fingerprint density at radius 3 is 2.08 bits per heavy atom. The average molecular weight is 164 g/mol. The number of hydrogen-bond acceptors (Lipinski definition) is 2. The summed E-state index contributed by atoms with van der Waals surface area (Å²) in [6.07, 6.45) is 8.18. The summed E-state index contributed by atoms with van der Waals surface area (Å²) in [6, 6.07) is 0. The molecule has 0 saturated carbocycles. The Morgan fingerprint density at radius 1 is 1.08 bits per heavy atom. The Balaban J connectivity index is 2.29. The second-order valence-corrected chi connectivity index (χ2v) is 3.00. The maximum absolute atomic E-state index is 5.43. The third-order valence-electron chi connectivity index (χ3n) is 1.94. The van der Waals surface area contributed by atoms with Gasteiger partial charge in [-0.2, -0.15) is 0 Å². The zero-order chi connectivity index (χ0) is 8.39. The molecule has 0 aromatic heterocycles. The molecule has 2 rings (SSSR count). The molecule has 0 bridgehead atoms. The molecule has 1 aliphatic heterocycles. The lowest BCUT2D eigenvalue weighted by atomic mass is 10.2. The zero-order valence-corrected chi connectivity index (χ0v) is 7.12. The summed E-state index contributed by atoms with van der Waals surface area (Å²) in [5.74, 6) is 2.19. The highest BCUT2D eigenvalue weighted by Gasteiger charge is 2.12. The number of hydrogen-bond donors (Lipinski definition) is 0. The van der Waals surface area contributed by atoms with Crippen LogP contribution in [0, 0.1) is 5.92 Å². The highest BCUT2D eigenvalue weighted by molar-refractivity contribution is 5.30. The van der Waals surface area contributed by atoms with Crippen molar-refractivity contribution in [3.05, 3.63) is 35.8 Å². The Hall–Kier alpha value is -1.18. The molecule has 0 aromatic rings. The van der Waals surface area contributed by atoms with Gasteiger partial charge in [0.1, 0.15) is 13.2 Å². The number of allylic oxidation sites excluding steroid dienone is 4. The van der Waals surface area contributed by atoms with Crippen LogP contribution in [0.5, 0.6) is 0 Å². The first kappa shape index (κ1) is 7.47. The smallest absolute Gasteiger partial charge is 0.161 e. The van der Waals surface area contributed by atoms with Gasteiger partial charge in [0.25, 0.3) is 0 Å². The number of ether oxygens (including phenoxy) is 2. The molecule has 64 valence electrons. The minimum atomic E-state index is 0.461. The largest absolute Gasteiger partial charge is 0.486 e. The normalized spacial score (nSPS) is 22.8. The minimum Gasteiger partial charge on any atom is -0.486 e. The fraction of sp³-hybridized carbons (Fsp3) is 0.400. The van der Waals surface area contributed by atoms with E-state index in [1.54, 1.807) is 0 Å². The Morgan fingerprint density at radius 2 is 1.58 bits per heavy atom. The van der Waals surface area contributed by atoms with Gasteiger partial charge in [-0.1, -0.05) is 19.1 Å². The van der Waals surface area contributed by atoms with E-state index < -0.39 is 0 Å². The fourth-order valence-electron chi connectivity index (χ4n) is 1.25. The summed E-state index contributed by atoms with van der Waals surface area (Å²) in [5.41, 5.74) is 0. The summed E-state index contributed by atoms with van der Waals surface area (Å²) in [6.45, 7) is 3.45. The van der Waals surface area contributed by atoms with Crippen molar-refractivity contribution in [1.82, 2.24) is 0 Å². The van der Waals surface area contributed by atoms with Gasteiger partial charge in [-0.25, -0.2) is 0 Å². The molecule has 12 heavy (non-hydrogen) atoms. The van der Waals surface area contributed by atoms with E-state index in [9.17, 15) is 0 Å². The van der Waals surface area contributed by atoms with Gasteiger partial charge >= 0.3 is 0 Å². The van der Waals surface area contributed by atoms with Gasteiger partial charge in [0.05, 0.1) is 0 Å². The first-order valence-electron chi connectivity index (χ1n) is 4.22. The molecule has 0 radical (unpaired) electrons. The lowest BCUT2D eigenvalue weighted by Crippen LogP contribution is -2.11. The summed E-state index contributed by atoms with van der Waals surface area (Å²) in [4.78, 5) is 0. The summed E-state index contributed by atoms with van der Waals surface area (Å²) in [5, 5.41) is 0. The molecular weight excluding hydrogens is 152 g/mol. The molecule has 0 spiro atoms. The van der Waals surface area contributed by atoms with Crippen molar-refractivity contribution in [3.63, 3.8) is 0 Å². The third-order valence-corrected chi connectivity index (χ3v) is 1.94. The lowest BCUT2D eigenvalue weighted by molar-refractivity contribution is 0.0771. The number of rotatable bonds is 0. The maximum atomic E-state index is 5.43. The monoisotopic (exact) mass is 164 g/mol. The molecule has 0 amide bonds. The van der Waals surface area contributed by atoms with Gasteiger partial charge in [0.2, 0.25) is 0 Å². The molecule has 0 unspecified atom stereocenters. The molecule has 2 aliphatic rings. The second kappa shape index (κ2) is 3.05. The molecule has 0 atom stereocenters. The highest BCUT2D eigenvalue weighted by Crippen LogP contribution is 2.20. The topological polar surface area (TPSA) is 18.5 Å². The maximum Gasteiger partial charge on any atom is 0.161 e. The lowest BCUT2D eigenvalue weighted by Gasteiger charge is -2.17. The van der Waals surface area contributed by atoms with E-state index in [1.165, 1.54) is 0 Å². The molecule has 1 heterocycles. The summed E-state index contributed by atoms with van der Waals surface area (Å²) < 4.78 is 10.9. The van der Waals surface area contributed by atoms with Crippen LogP contribution < -0.4 is 0 Å². The average Bonchev–Trinajstić information content (AvgIpc) is 2.29. The van der Waals surface area contributed by atoms with Crippen LogP contribution in [0.15, 0.2) is 35.8 Å². The molecule has 2 nitrogen and oxygen atoms in total. The third kappa shape index (κ3) is 1.37. The van der Waals surface area contributed by atoms with Gasteiger partial charge in [-0.3, -0.25) is 0 Å². The molecule has 0 aromatic carbocycles. The molecule has 1 aliphatic carbocycles. The predicted octanol–water partition coefficient (Wildman–Crippen LogP) is 2.01. The van der Waals surface area contributed by atoms with Gasteiger partial charge in [0.15, 0.2) is 11.5 Å². The quantitative estimate of drug-likeness (QED) is 0.545. The molecular formula is C10H12O2. The van der Waals surface area contributed by atoms with Gasteiger partial charge in [0, 0.05) is 0 Å². The van der Waals surface area contributed by atoms with Crippen LogP contribution in [0.4, 0.5) is 0 Å². The standard InChI is InChI=1S/C10H12O2/c1-8-2-4-9-10(5-3-8)12-7-6-11-9/h2-5,8H,6-7H2,1H3. The predicted molar refractivity (Wildman–Crippen MR) is 46.4 cm³/mol. The van der Waals surface area contributed by atoms with E-state index in [4.69, 9.17) is 9.47 Å². The zero-order valence-electron chi connectivity index (χ0n) is 7.12. The summed E-state index contributed by atoms with van der Waals surface area (Å²) >= 11 is 0. The summed E-state index contributed by atoms with van der Waals surface area (Å²) in [7, 11) is 0. The van der Waals surface area contributed by atoms with E-state index in [0.29, 0.717) is 19.1 Å². The van der Waals surface area contributed by atoms with Crippen molar-refractivity contribution in [3.8, 4) is 0 Å². The van der Waals surface area contributed by atoms with E-state index >= 15 is 0 Å². The highest BCUT2D eigenvalue weighted by atomic mass is 16.6. The fourth-order valence-corrected chi connectivity index (χ4v) is 1.25. The van der Waals surface area contributed by atoms with Crippen LogP contribution >= 0.6 is 0 Å². The van der Waals surface area contributed by atoms with Gasteiger partial charge in [-0.15, -0.1) is 0 Å². The molecule has 0 N–H and O–H groups in total. The Labute approximate surface area is 72.2 Å². The van der Waals surface area contributed by atoms with Crippen LogP contribution in [0.2, 0.25) is 0 Å². The molecule has 0 saturated heterocycles. The van der Waals surface area contributed by atoms with E-state index in [0.717, 1.165) is 11.5 Å². The van der Waals surface area contributed by atoms with Crippen LogP contribution in [-0.4, -0.2) is 13.2 Å². The van der Waals surface area contributed by atoms with Crippen LogP contribution in [-0.2, 0) is 9.47 Å². The van der Waals surface area contributed by atoms with Crippen LogP contribution in [0.3, 0.4) is 0 Å². The first-order valence-corrected chi connectivity index (χ1v) is 4.22. The first-order chi connectivity index (χ1) is 5.86. The van der Waals surface area contributed by atoms with Gasteiger partial charge < -0.3 is 9.47 Å².